The number of sulfonamides is 1. The molecule has 150 valence electrons. The van der Waals surface area contributed by atoms with Crippen molar-refractivity contribution in [1.82, 2.24) is 19.4 Å². The van der Waals surface area contributed by atoms with E-state index in [1.807, 2.05) is 43.4 Å². The topological polar surface area (TPSA) is 67.2 Å². The Morgan fingerprint density at radius 2 is 1.86 bits per heavy atom. The highest BCUT2D eigenvalue weighted by Gasteiger charge is 2.22. The summed E-state index contributed by atoms with van der Waals surface area (Å²) in [5.41, 5.74) is 1.94. The number of hydrogen-bond donors (Lipinski definition) is 1. The van der Waals surface area contributed by atoms with Crippen molar-refractivity contribution in [3.05, 3.63) is 77.9 Å². The van der Waals surface area contributed by atoms with Crippen LogP contribution in [0.3, 0.4) is 0 Å². The lowest BCUT2D eigenvalue weighted by Crippen LogP contribution is -2.34. The van der Waals surface area contributed by atoms with E-state index in [1.165, 1.54) is 10.1 Å². The van der Waals surface area contributed by atoms with E-state index in [-0.39, 0.29) is 17.5 Å². The second-order valence-corrected chi connectivity index (χ2v) is 9.64. The van der Waals surface area contributed by atoms with Gasteiger partial charge in [0.1, 0.15) is 0 Å². The summed E-state index contributed by atoms with van der Waals surface area (Å²) in [6.45, 7) is 0.289. The number of likely N-dealkylation sites (N-methyl/N-ethyl adjacent to an activating group) is 1. The minimum atomic E-state index is -3.62. The summed E-state index contributed by atoms with van der Waals surface area (Å²) >= 11 is 1.68. The van der Waals surface area contributed by atoms with Crippen molar-refractivity contribution < 1.29 is 8.42 Å². The van der Waals surface area contributed by atoms with Gasteiger partial charge in [-0.05, 0) is 66.8 Å². The fraction of sp³-hybridized carbons (Fsp3) is 0.190. The monoisotopic (exact) mass is 426 g/mol. The predicted molar refractivity (Wildman–Crippen MR) is 117 cm³/mol. The van der Waals surface area contributed by atoms with Gasteiger partial charge in [0.05, 0.1) is 10.6 Å². The van der Waals surface area contributed by atoms with Gasteiger partial charge >= 0.3 is 0 Å². The number of hydrogen-bond acceptors (Lipinski definition) is 5. The maximum Gasteiger partial charge on any atom is 0.240 e. The van der Waals surface area contributed by atoms with E-state index in [0.717, 1.165) is 11.3 Å². The standard InChI is InChI=1S/C21H22N4O2S2/c1-24(2)20(19-15-28-21-7-4-3-6-18(19)21)14-23-29(26,27)17-10-8-16(9-11-17)25-13-5-12-22-25/h3-13,15,20,23H,14H2,1-2H3. The molecule has 2 heterocycles. The first-order chi connectivity index (χ1) is 14.0. The minimum absolute atomic E-state index is 0.0655. The summed E-state index contributed by atoms with van der Waals surface area (Å²) in [4.78, 5) is 2.28. The summed E-state index contributed by atoms with van der Waals surface area (Å²) in [7, 11) is 0.303. The van der Waals surface area contributed by atoms with E-state index >= 15 is 0 Å². The lowest BCUT2D eigenvalue weighted by Gasteiger charge is -2.24. The maximum atomic E-state index is 12.8. The molecule has 0 amide bonds. The molecule has 0 saturated carbocycles. The van der Waals surface area contributed by atoms with Gasteiger partial charge in [-0.15, -0.1) is 11.3 Å². The molecule has 8 heteroatoms. The molecule has 1 unspecified atom stereocenters. The average Bonchev–Trinajstić information content (AvgIpc) is 3.39. The van der Waals surface area contributed by atoms with Crippen LogP contribution in [0.15, 0.2) is 77.3 Å². The van der Waals surface area contributed by atoms with Crippen molar-refractivity contribution in [1.29, 1.82) is 0 Å². The molecule has 2 aromatic heterocycles. The molecule has 1 N–H and O–H groups in total. The summed E-state index contributed by atoms with van der Waals surface area (Å²) in [6.07, 6.45) is 3.50. The molecule has 29 heavy (non-hydrogen) atoms. The molecule has 4 aromatic rings. The van der Waals surface area contributed by atoms with Crippen molar-refractivity contribution in [2.75, 3.05) is 20.6 Å². The summed E-state index contributed by atoms with van der Waals surface area (Å²) in [5, 5.41) is 7.44. The largest absolute Gasteiger partial charge is 0.301 e. The fourth-order valence-electron chi connectivity index (χ4n) is 3.30. The lowest BCUT2D eigenvalue weighted by molar-refractivity contribution is 0.301. The van der Waals surface area contributed by atoms with Gasteiger partial charge in [-0.2, -0.15) is 5.10 Å². The number of benzene rings is 2. The van der Waals surface area contributed by atoms with E-state index in [1.54, 1.807) is 46.5 Å². The Balaban J connectivity index is 1.54. The molecule has 2 aromatic carbocycles. The van der Waals surface area contributed by atoms with Gasteiger partial charge in [-0.25, -0.2) is 17.8 Å². The maximum absolute atomic E-state index is 12.8. The predicted octanol–water partition coefficient (Wildman–Crippen LogP) is 3.67. The first kappa shape index (κ1) is 19.8. The Bertz CT molecular complexity index is 1200. The van der Waals surface area contributed by atoms with E-state index in [0.29, 0.717) is 0 Å². The molecular weight excluding hydrogens is 404 g/mol. The van der Waals surface area contributed by atoms with Gasteiger partial charge in [0.15, 0.2) is 0 Å². The second-order valence-electron chi connectivity index (χ2n) is 6.96. The van der Waals surface area contributed by atoms with E-state index < -0.39 is 10.0 Å². The van der Waals surface area contributed by atoms with E-state index in [9.17, 15) is 8.42 Å². The Labute approximate surface area is 174 Å². The van der Waals surface area contributed by atoms with Crippen LogP contribution in [0.4, 0.5) is 0 Å². The van der Waals surface area contributed by atoms with Crippen LogP contribution in [0.2, 0.25) is 0 Å². The highest BCUT2D eigenvalue weighted by Crippen LogP contribution is 2.32. The zero-order valence-corrected chi connectivity index (χ0v) is 17.8. The van der Waals surface area contributed by atoms with Gasteiger partial charge in [0.25, 0.3) is 0 Å². The van der Waals surface area contributed by atoms with E-state index in [4.69, 9.17) is 0 Å². The average molecular weight is 427 g/mol. The normalized spacial score (nSPS) is 13.2. The van der Waals surface area contributed by atoms with Crippen LogP contribution < -0.4 is 4.72 Å². The number of thiophene rings is 1. The second kappa shape index (κ2) is 8.08. The smallest absolute Gasteiger partial charge is 0.240 e. The first-order valence-electron chi connectivity index (χ1n) is 9.18. The van der Waals surface area contributed by atoms with Gasteiger partial charge in [0, 0.05) is 29.7 Å². The fourth-order valence-corrected chi connectivity index (χ4v) is 5.34. The Hall–Kier alpha value is -2.52. The zero-order chi connectivity index (χ0) is 20.4. The third kappa shape index (κ3) is 4.11. The van der Waals surface area contributed by atoms with Crippen LogP contribution in [0.5, 0.6) is 0 Å². The molecule has 0 bridgehead atoms. The number of nitrogens with one attached hydrogen (secondary N) is 1. The molecule has 4 rings (SSSR count). The third-order valence-corrected chi connectivity index (χ3v) is 7.30. The first-order valence-corrected chi connectivity index (χ1v) is 11.5. The van der Waals surface area contributed by atoms with Gasteiger partial charge in [-0.3, -0.25) is 0 Å². The molecule has 0 radical (unpaired) electrons. The van der Waals surface area contributed by atoms with Gasteiger partial charge in [-0.1, -0.05) is 18.2 Å². The zero-order valence-electron chi connectivity index (χ0n) is 16.2. The molecule has 1 atom stereocenters. The van der Waals surface area contributed by atoms with Gasteiger partial charge in [0.2, 0.25) is 10.0 Å². The molecule has 0 aliphatic rings. The summed E-state index contributed by atoms with van der Waals surface area (Å²) in [6, 6.07) is 16.6. The van der Waals surface area contributed by atoms with Crippen LogP contribution in [-0.4, -0.2) is 43.7 Å². The van der Waals surface area contributed by atoms with Crippen molar-refractivity contribution >= 4 is 31.4 Å². The highest BCUT2D eigenvalue weighted by molar-refractivity contribution is 7.89. The van der Waals surface area contributed by atoms with Crippen molar-refractivity contribution in [3.8, 4) is 5.69 Å². The third-order valence-electron chi connectivity index (χ3n) is 4.88. The Kier molecular flexibility index (Phi) is 5.51. The molecule has 0 spiro atoms. The van der Waals surface area contributed by atoms with Crippen molar-refractivity contribution in [2.24, 2.45) is 0 Å². The number of fused-ring (bicyclic) bond motifs is 1. The van der Waals surface area contributed by atoms with Crippen LogP contribution in [0.1, 0.15) is 11.6 Å². The summed E-state index contributed by atoms with van der Waals surface area (Å²) < 4.78 is 31.3. The SMILES string of the molecule is CN(C)C(CNS(=O)(=O)c1ccc(-n2cccn2)cc1)c1csc2ccccc12. The Morgan fingerprint density at radius 3 is 2.55 bits per heavy atom. The highest BCUT2D eigenvalue weighted by atomic mass is 32.2. The number of nitrogens with zero attached hydrogens (tertiary/aromatic N) is 3. The van der Waals surface area contributed by atoms with Crippen LogP contribution in [0, 0.1) is 0 Å². The van der Waals surface area contributed by atoms with Crippen molar-refractivity contribution in [3.63, 3.8) is 0 Å². The number of aromatic nitrogens is 2. The van der Waals surface area contributed by atoms with Crippen LogP contribution >= 0.6 is 11.3 Å². The number of rotatable bonds is 7. The molecular formula is C21H22N4O2S2. The lowest BCUT2D eigenvalue weighted by atomic mass is 10.1. The van der Waals surface area contributed by atoms with Crippen LogP contribution in [-0.2, 0) is 10.0 Å². The Morgan fingerprint density at radius 1 is 1.10 bits per heavy atom. The molecule has 0 aliphatic heterocycles. The van der Waals surface area contributed by atoms with Crippen LogP contribution in [0.25, 0.3) is 15.8 Å². The van der Waals surface area contributed by atoms with Gasteiger partial charge < -0.3 is 4.90 Å². The van der Waals surface area contributed by atoms with E-state index in [2.05, 4.69) is 27.3 Å². The minimum Gasteiger partial charge on any atom is -0.301 e. The quantitative estimate of drug-likeness (QED) is 0.490. The molecule has 6 nitrogen and oxygen atoms in total. The molecule has 0 aliphatic carbocycles. The molecule has 0 saturated heterocycles. The summed E-state index contributed by atoms with van der Waals surface area (Å²) in [5.74, 6) is 0. The molecule has 0 fully saturated rings. The van der Waals surface area contributed by atoms with Crippen molar-refractivity contribution in [2.45, 2.75) is 10.9 Å².